The molecule has 144 valence electrons. The summed E-state index contributed by atoms with van der Waals surface area (Å²) in [6.45, 7) is 13.6. The van der Waals surface area contributed by atoms with E-state index in [1.54, 1.807) is 0 Å². The Morgan fingerprint density at radius 1 is 1.11 bits per heavy atom. The number of nitrogens with one attached hydrogen (secondary N) is 1. The second-order valence-corrected chi connectivity index (χ2v) is 9.06. The van der Waals surface area contributed by atoms with Gasteiger partial charge >= 0.3 is 7.12 Å². The lowest BCUT2D eigenvalue weighted by Crippen LogP contribution is -2.41. The molecule has 1 aromatic heterocycles. The Morgan fingerprint density at radius 3 is 2.37 bits per heavy atom. The van der Waals surface area contributed by atoms with E-state index in [9.17, 15) is 4.79 Å². The van der Waals surface area contributed by atoms with Gasteiger partial charge in [0.2, 0.25) is 5.91 Å². The fraction of sp³-hybridized carbons (Fsp3) is 0.632. The molecule has 0 unspecified atom stereocenters. The van der Waals surface area contributed by atoms with E-state index in [1.165, 1.54) is 11.8 Å². The summed E-state index contributed by atoms with van der Waals surface area (Å²) in [7, 11) is -0.298. The minimum absolute atomic E-state index is 0.0373. The highest BCUT2D eigenvalue weighted by Gasteiger charge is 2.52. The molecule has 0 atom stereocenters. The predicted octanol–water partition coefficient (Wildman–Crippen LogP) is 2.47. The van der Waals surface area contributed by atoms with Crippen LogP contribution in [0.1, 0.15) is 53.5 Å². The molecule has 3 aliphatic heterocycles. The summed E-state index contributed by atoms with van der Waals surface area (Å²) in [6, 6.07) is 0. The van der Waals surface area contributed by atoms with Crippen LogP contribution >= 0.6 is 0 Å². The van der Waals surface area contributed by atoms with Gasteiger partial charge in [0, 0.05) is 13.1 Å². The minimum atomic E-state index is -0.637. The molecular formula is C19H27BN4O3. The molecule has 3 aliphatic rings. The zero-order valence-electron chi connectivity index (χ0n) is 16.9. The van der Waals surface area contributed by atoms with E-state index in [-0.39, 0.29) is 24.2 Å². The van der Waals surface area contributed by atoms with Crippen molar-refractivity contribution in [3.63, 3.8) is 0 Å². The van der Waals surface area contributed by atoms with Crippen molar-refractivity contribution in [2.24, 2.45) is 0 Å². The smallest absolute Gasteiger partial charge is 0.400 e. The molecule has 8 heteroatoms. The first kappa shape index (κ1) is 18.4. The van der Waals surface area contributed by atoms with Gasteiger partial charge in [-0.1, -0.05) is 6.08 Å². The van der Waals surface area contributed by atoms with Crippen molar-refractivity contribution in [1.29, 1.82) is 0 Å². The lowest BCUT2D eigenvalue weighted by molar-refractivity contribution is -0.119. The fourth-order valence-corrected chi connectivity index (χ4v) is 3.75. The van der Waals surface area contributed by atoms with Gasteiger partial charge in [-0.15, -0.1) is 0 Å². The second-order valence-electron chi connectivity index (χ2n) is 9.06. The maximum absolute atomic E-state index is 12.3. The summed E-state index contributed by atoms with van der Waals surface area (Å²) < 4.78 is 12.4. The Labute approximate surface area is 160 Å². The van der Waals surface area contributed by atoms with Gasteiger partial charge in [0.15, 0.2) is 0 Å². The van der Waals surface area contributed by atoms with E-state index in [0.29, 0.717) is 12.4 Å². The molecule has 0 bridgehead atoms. The van der Waals surface area contributed by atoms with E-state index >= 15 is 0 Å². The number of amides is 1. The Morgan fingerprint density at radius 2 is 1.78 bits per heavy atom. The topological polar surface area (TPSA) is 76.6 Å². The van der Waals surface area contributed by atoms with Gasteiger partial charge in [-0.2, -0.15) is 0 Å². The first-order valence-corrected chi connectivity index (χ1v) is 9.49. The van der Waals surface area contributed by atoms with E-state index in [0.717, 1.165) is 24.3 Å². The number of anilines is 2. The summed E-state index contributed by atoms with van der Waals surface area (Å²) in [5.74, 6) is 1.41. The molecule has 0 radical (unpaired) electrons. The molecule has 0 saturated carbocycles. The Balaban J connectivity index is 1.56. The molecule has 1 N–H and O–H groups in total. The molecule has 1 fully saturated rings. The van der Waals surface area contributed by atoms with E-state index in [4.69, 9.17) is 9.31 Å². The summed E-state index contributed by atoms with van der Waals surface area (Å²) >= 11 is 0. The number of hydrogen-bond acceptors (Lipinski definition) is 6. The van der Waals surface area contributed by atoms with Gasteiger partial charge in [-0.25, -0.2) is 9.97 Å². The van der Waals surface area contributed by atoms with Gasteiger partial charge < -0.3 is 19.5 Å². The molecular weight excluding hydrogens is 343 g/mol. The van der Waals surface area contributed by atoms with Crippen molar-refractivity contribution >= 4 is 24.7 Å². The normalized spacial score (nSPS) is 25.3. The van der Waals surface area contributed by atoms with Crippen LogP contribution in [0, 0.1) is 0 Å². The first-order chi connectivity index (χ1) is 12.5. The number of carbonyl (C=O) groups excluding carboxylic acids is 1. The number of carbonyl (C=O) groups is 1. The number of rotatable bonds is 2. The first-order valence-electron chi connectivity index (χ1n) is 9.49. The fourth-order valence-electron chi connectivity index (χ4n) is 3.75. The largest absolute Gasteiger partial charge is 0.490 e. The third-order valence-corrected chi connectivity index (χ3v) is 6.35. The van der Waals surface area contributed by atoms with Crippen molar-refractivity contribution in [2.75, 3.05) is 23.3 Å². The molecule has 1 amide bonds. The van der Waals surface area contributed by atoms with Gasteiger partial charge in [0.1, 0.15) is 18.0 Å². The number of fused-ring (bicyclic) bond motifs is 1. The van der Waals surface area contributed by atoms with Crippen LogP contribution in [0.4, 0.5) is 11.6 Å². The molecule has 7 nitrogen and oxygen atoms in total. The summed E-state index contributed by atoms with van der Waals surface area (Å²) in [5.41, 5.74) is 0.742. The quantitative estimate of drug-likeness (QED) is 0.806. The maximum atomic E-state index is 12.3. The van der Waals surface area contributed by atoms with Crippen LogP contribution in [0.2, 0.25) is 0 Å². The average Bonchev–Trinajstić information content (AvgIpc) is 2.96. The third-order valence-electron chi connectivity index (χ3n) is 6.35. The van der Waals surface area contributed by atoms with Crippen molar-refractivity contribution < 1.29 is 14.1 Å². The van der Waals surface area contributed by atoms with E-state index < -0.39 is 5.41 Å². The van der Waals surface area contributed by atoms with Crippen LogP contribution < -0.4 is 10.2 Å². The number of nitrogens with zero attached hydrogens (tertiary/aromatic N) is 3. The number of aromatic nitrogens is 2. The highest BCUT2D eigenvalue weighted by molar-refractivity contribution is 6.54. The van der Waals surface area contributed by atoms with Crippen molar-refractivity contribution in [3.05, 3.63) is 23.4 Å². The molecule has 4 heterocycles. The molecule has 27 heavy (non-hydrogen) atoms. The monoisotopic (exact) mass is 370 g/mol. The highest BCUT2D eigenvalue weighted by atomic mass is 16.7. The minimum Gasteiger partial charge on any atom is -0.400 e. The van der Waals surface area contributed by atoms with Crippen molar-refractivity contribution in [3.8, 4) is 0 Å². The lowest BCUT2D eigenvalue weighted by Gasteiger charge is -2.32. The summed E-state index contributed by atoms with van der Waals surface area (Å²) in [6.07, 6.45) is 4.51. The average molecular weight is 370 g/mol. The molecule has 0 aliphatic carbocycles. The van der Waals surface area contributed by atoms with Crippen LogP contribution in [0.3, 0.4) is 0 Å². The molecule has 1 aromatic rings. The summed E-state index contributed by atoms with van der Waals surface area (Å²) in [5, 5.41) is 2.87. The van der Waals surface area contributed by atoms with Crippen LogP contribution in [0.25, 0.3) is 0 Å². The van der Waals surface area contributed by atoms with E-state index in [2.05, 4.69) is 54.0 Å². The van der Waals surface area contributed by atoms with Crippen LogP contribution in [0.5, 0.6) is 0 Å². The Bertz CT molecular complexity index is 818. The van der Waals surface area contributed by atoms with Crippen LogP contribution in [0.15, 0.2) is 17.9 Å². The zero-order chi connectivity index (χ0) is 19.6. The van der Waals surface area contributed by atoms with Crippen LogP contribution in [-0.2, 0) is 19.5 Å². The van der Waals surface area contributed by atoms with Gasteiger partial charge in [0.25, 0.3) is 0 Å². The zero-order valence-corrected chi connectivity index (χ0v) is 16.9. The maximum Gasteiger partial charge on any atom is 0.490 e. The highest BCUT2D eigenvalue weighted by Crippen LogP contribution is 2.42. The van der Waals surface area contributed by atoms with Gasteiger partial charge in [-0.05, 0) is 53.4 Å². The van der Waals surface area contributed by atoms with Crippen LogP contribution in [-0.4, -0.2) is 47.3 Å². The predicted molar refractivity (Wildman–Crippen MR) is 105 cm³/mol. The number of hydrogen-bond donors (Lipinski definition) is 1. The van der Waals surface area contributed by atoms with Gasteiger partial charge in [0.05, 0.1) is 22.2 Å². The standard InChI is InChI=1S/C19H27BN4O3/c1-17(2)13-14(23-16(17)25)21-11-22-15(13)24-9-7-12(8-10-24)20-26-18(3,4)19(5,6)27-20/h7,11H,8-10H2,1-6H3,(H,21,22,23,25). The van der Waals surface area contributed by atoms with E-state index in [1.807, 2.05) is 13.8 Å². The SMILES string of the molecule is CC1(C)C(=O)Nc2ncnc(N3CC=C(B4OC(C)(C)C(C)(C)O4)CC3)c21. The molecule has 0 spiro atoms. The lowest BCUT2D eigenvalue weighted by atomic mass is 9.74. The Kier molecular flexibility index (Phi) is 3.95. The molecule has 4 rings (SSSR count). The summed E-state index contributed by atoms with van der Waals surface area (Å²) in [4.78, 5) is 23.2. The third kappa shape index (κ3) is 2.77. The van der Waals surface area contributed by atoms with Gasteiger partial charge in [-0.3, -0.25) is 4.79 Å². The van der Waals surface area contributed by atoms with Crippen molar-refractivity contribution in [2.45, 2.75) is 64.6 Å². The molecule has 1 saturated heterocycles. The second kappa shape index (κ2) is 5.78. The van der Waals surface area contributed by atoms with Crippen molar-refractivity contribution in [1.82, 2.24) is 9.97 Å². The Hall–Kier alpha value is -1.93. The molecule has 0 aromatic carbocycles.